The van der Waals surface area contributed by atoms with Crippen LogP contribution in [-0.4, -0.2) is 11.8 Å². The second-order valence-electron chi connectivity index (χ2n) is 4.54. The lowest BCUT2D eigenvalue weighted by Crippen LogP contribution is -2.14. The number of hydrogen-bond acceptors (Lipinski definition) is 3. The Bertz CT molecular complexity index is 760. The predicted octanol–water partition coefficient (Wildman–Crippen LogP) is 2.22. The quantitative estimate of drug-likeness (QED) is 0.901. The molecule has 0 aliphatic carbocycles. The molecule has 2 amide bonds. The van der Waals surface area contributed by atoms with E-state index < -0.39 is 5.91 Å². The lowest BCUT2D eigenvalue weighted by atomic mass is 10.1. The third kappa shape index (κ3) is 3.25. The number of aryl methyl sites for hydroxylation is 1. The highest BCUT2D eigenvalue weighted by Crippen LogP contribution is 2.17. The first-order chi connectivity index (χ1) is 10.0. The lowest BCUT2D eigenvalue weighted by Gasteiger charge is -2.09. The van der Waals surface area contributed by atoms with E-state index in [0.717, 1.165) is 5.56 Å². The van der Waals surface area contributed by atoms with Crippen LogP contribution in [-0.2, 0) is 0 Å². The number of rotatable bonds is 3. The molecular weight excluding hydrogens is 266 g/mol. The molecule has 0 aliphatic rings. The number of carbonyl (C=O) groups is 2. The third-order valence-electron chi connectivity index (χ3n) is 3.01. The van der Waals surface area contributed by atoms with Crippen molar-refractivity contribution in [3.05, 3.63) is 64.7 Å². The zero-order valence-corrected chi connectivity index (χ0v) is 11.4. The van der Waals surface area contributed by atoms with Gasteiger partial charge in [-0.15, -0.1) is 0 Å². The Morgan fingerprint density at radius 3 is 2.52 bits per heavy atom. The highest BCUT2D eigenvalue weighted by Gasteiger charge is 2.10. The zero-order chi connectivity index (χ0) is 15.4. The van der Waals surface area contributed by atoms with Crippen molar-refractivity contribution in [3.63, 3.8) is 0 Å². The van der Waals surface area contributed by atoms with E-state index in [2.05, 4.69) is 5.32 Å². The molecule has 104 valence electrons. The van der Waals surface area contributed by atoms with Crippen molar-refractivity contribution in [2.24, 2.45) is 5.73 Å². The second-order valence-corrected chi connectivity index (χ2v) is 4.54. The van der Waals surface area contributed by atoms with Crippen LogP contribution in [0.1, 0.15) is 31.8 Å². The highest BCUT2D eigenvalue weighted by atomic mass is 16.2. The maximum absolute atomic E-state index is 12.1. The van der Waals surface area contributed by atoms with E-state index in [9.17, 15) is 9.59 Å². The van der Waals surface area contributed by atoms with Gasteiger partial charge in [-0.1, -0.05) is 6.07 Å². The molecule has 0 saturated heterocycles. The molecule has 0 heterocycles. The van der Waals surface area contributed by atoms with Gasteiger partial charge in [-0.05, 0) is 48.9 Å². The van der Waals surface area contributed by atoms with Crippen molar-refractivity contribution in [2.75, 3.05) is 5.32 Å². The molecule has 2 aromatic rings. The summed E-state index contributed by atoms with van der Waals surface area (Å²) < 4.78 is 0. The summed E-state index contributed by atoms with van der Waals surface area (Å²) in [6.45, 7) is 1.77. The standard InChI is InChI=1S/C16H13N3O2/c1-10-7-12(15(18)20)5-6-14(10)19-16(21)13-4-2-3-11(8-13)9-17/h2-8H,1H3,(H2,18,20)(H,19,21). The summed E-state index contributed by atoms with van der Waals surface area (Å²) >= 11 is 0. The summed E-state index contributed by atoms with van der Waals surface area (Å²) in [5.74, 6) is -0.834. The fourth-order valence-electron chi connectivity index (χ4n) is 1.88. The molecule has 0 radical (unpaired) electrons. The summed E-state index contributed by atoms with van der Waals surface area (Å²) in [7, 11) is 0. The molecule has 0 atom stereocenters. The highest BCUT2D eigenvalue weighted by molar-refractivity contribution is 6.05. The van der Waals surface area contributed by atoms with Crippen molar-refractivity contribution in [1.29, 1.82) is 5.26 Å². The van der Waals surface area contributed by atoms with E-state index in [-0.39, 0.29) is 5.91 Å². The Kier molecular flexibility index (Phi) is 4.00. The van der Waals surface area contributed by atoms with Crippen LogP contribution in [0.2, 0.25) is 0 Å². The van der Waals surface area contributed by atoms with Crippen LogP contribution >= 0.6 is 0 Å². The smallest absolute Gasteiger partial charge is 0.255 e. The first kappa shape index (κ1) is 14.3. The van der Waals surface area contributed by atoms with Crippen LogP contribution in [0.3, 0.4) is 0 Å². The zero-order valence-electron chi connectivity index (χ0n) is 11.4. The molecule has 0 aromatic heterocycles. The summed E-state index contributed by atoms with van der Waals surface area (Å²) in [4.78, 5) is 23.2. The molecule has 21 heavy (non-hydrogen) atoms. The van der Waals surface area contributed by atoms with Crippen molar-refractivity contribution < 1.29 is 9.59 Å². The first-order valence-corrected chi connectivity index (χ1v) is 6.23. The van der Waals surface area contributed by atoms with Gasteiger partial charge in [0.05, 0.1) is 11.6 Å². The number of primary amides is 1. The molecule has 0 spiro atoms. The van der Waals surface area contributed by atoms with Crippen LogP contribution in [0.15, 0.2) is 42.5 Å². The molecule has 0 bridgehead atoms. The fourth-order valence-corrected chi connectivity index (χ4v) is 1.88. The Morgan fingerprint density at radius 2 is 1.90 bits per heavy atom. The Balaban J connectivity index is 2.23. The molecule has 0 saturated carbocycles. The first-order valence-electron chi connectivity index (χ1n) is 6.23. The van der Waals surface area contributed by atoms with Crippen molar-refractivity contribution >= 4 is 17.5 Å². The Morgan fingerprint density at radius 1 is 1.14 bits per heavy atom. The average Bonchev–Trinajstić information content (AvgIpc) is 2.49. The largest absolute Gasteiger partial charge is 0.366 e. The van der Waals surface area contributed by atoms with Crippen LogP contribution in [0.5, 0.6) is 0 Å². The SMILES string of the molecule is Cc1cc(C(N)=O)ccc1NC(=O)c1cccc(C#N)c1. The molecular formula is C16H13N3O2. The molecule has 2 aromatic carbocycles. The number of benzene rings is 2. The minimum atomic E-state index is -0.516. The van der Waals surface area contributed by atoms with E-state index in [1.807, 2.05) is 6.07 Å². The summed E-state index contributed by atoms with van der Waals surface area (Å²) in [6.07, 6.45) is 0. The van der Waals surface area contributed by atoms with Gasteiger partial charge < -0.3 is 11.1 Å². The molecule has 0 fully saturated rings. The number of nitrogens with two attached hydrogens (primary N) is 1. The summed E-state index contributed by atoms with van der Waals surface area (Å²) in [5.41, 5.74) is 7.72. The number of amides is 2. The van der Waals surface area contributed by atoms with Crippen LogP contribution in [0, 0.1) is 18.3 Å². The predicted molar refractivity (Wildman–Crippen MR) is 78.8 cm³/mol. The van der Waals surface area contributed by atoms with Crippen molar-refractivity contribution in [2.45, 2.75) is 6.92 Å². The molecule has 3 N–H and O–H groups in total. The molecule has 0 unspecified atom stereocenters. The van der Waals surface area contributed by atoms with Gasteiger partial charge in [-0.3, -0.25) is 9.59 Å². The average molecular weight is 279 g/mol. The summed E-state index contributed by atoms with van der Waals surface area (Å²) in [6, 6.07) is 13.2. The lowest BCUT2D eigenvalue weighted by molar-refractivity contribution is 0.0998. The number of carbonyl (C=O) groups excluding carboxylic acids is 2. The van der Waals surface area contributed by atoms with Gasteiger partial charge >= 0.3 is 0 Å². The Labute approximate surface area is 122 Å². The number of nitriles is 1. The van der Waals surface area contributed by atoms with E-state index in [0.29, 0.717) is 22.4 Å². The Hall–Kier alpha value is -3.13. The van der Waals surface area contributed by atoms with E-state index in [4.69, 9.17) is 11.0 Å². The van der Waals surface area contributed by atoms with Gasteiger partial charge in [0.2, 0.25) is 5.91 Å². The number of nitrogens with zero attached hydrogens (tertiary/aromatic N) is 1. The van der Waals surface area contributed by atoms with Gasteiger partial charge in [0.15, 0.2) is 0 Å². The van der Waals surface area contributed by atoms with Gasteiger partial charge in [-0.2, -0.15) is 5.26 Å². The number of nitrogens with one attached hydrogen (secondary N) is 1. The van der Waals surface area contributed by atoms with Gasteiger partial charge in [0.1, 0.15) is 0 Å². The topological polar surface area (TPSA) is 96.0 Å². The monoisotopic (exact) mass is 279 g/mol. The molecule has 0 aliphatic heterocycles. The van der Waals surface area contributed by atoms with Crippen LogP contribution in [0.4, 0.5) is 5.69 Å². The van der Waals surface area contributed by atoms with E-state index in [1.54, 1.807) is 43.3 Å². The van der Waals surface area contributed by atoms with E-state index in [1.165, 1.54) is 6.07 Å². The van der Waals surface area contributed by atoms with Gasteiger partial charge in [-0.25, -0.2) is 0 Å². The summed E-state index contributed by atoms with van der Waals surface area (Å²) in [5, 5.41) is 11.6. The van der Waals surface area contributed by atoms with Crippen LogP contribution in [0.25, 0.3) is 0 Å². The third-order valence-corrected chi connectivity index (χ3v) is 3.01. The molecule has 2 rings (SSSR count). The number of anilines is 1. The molecule has 5 heteroatoms. The fraction of sp³-hybridized carbons (Fsp3) is 0.0625. The van der Waals surface area contributed by atoms with Crippen molar-refractivity contribution in [3.8, 4) is 6.07 Å². The minimum absolute atomic E-state index is 0.318. The molecule has 5 nitrogen and oxygen atoms in total. The van der Waals surface area contributed by atoms with Gasteiger partial charge in [0, 0.05) is 16.8 Å². The van der Waals surface area contributed by atoms with Crippen LogP contribution < -0.4 is 11.1 Å². The second kappa shape index (κ2) is 5.88. The van der Waals surface area contributed by atoms with Gasteiger partial charge in [0.25, 0.3) is 5.91 Å². The normalized spacial score (nSPS) is 9.71. The minimum Gasteiger partial charge on any atom is -0.366 e. The maximum Gasteiger partial charge on any atom is 0.255 e. The van der Waals surface area contributed by atoms with Crippen molar-refractivity contribution in [1.82, 2.24) is 0 Å². The maximum atomic E-state index is 12.1. The van der Waals surface area contributed by atoms with E-state index >= 15 is 0 Å². The number of hydrogen-bond donors (Lipinski definition) is 2.